The fourth-order valence-electron chi connectivity index (χ4n) is 2.40. The molecule has 2 aromatic carbocycles. The van der Waals surface area contributed by atoms with Crippen LogP contribution in [0.2, 0.25) is 0 Å². The predicted octanol–water partition coefficient (Wildman–Crippen LogP) is 2.98. The summed E-state index contributed by atoms with van der Waals surface area (Å²) in [5.74, 6) is 5.72. The van der Waals surface area contributed by atoms with Crippen molar-refractivity contribution in [1.29, 1.82) is 0 Å². The number of rotatable bonds is 4. The van der Waals surface area contributed by atoms with Crippen LogP contribution in [-0.2, 0) is 6.42 Å². The number of hydrogen-bond acceptors (Lipinski definition) is 3. The summed E-state index contributed by atoms with van der Waals surface area (Å²) in [7, 11) is 0. The fraction of sp³-hybridized carbons (Fsp3) is 0.118. The normalized spacial score (nSPS) is 12.4. The summed E-state index contributed by atoms with van der Waals surface area (Å²) >= 11 is 0. The lowest BCUT2D eigenvalue weighted by atomic mass is 9.99. The Kier molecular flexibility index (Phi) is 3.72. The smallest absolute Gasteiger partial charge is 0.0702 e. The molecule has 0 radical (unpaired) electrons. The molecule has 3 N–H and O–H groups in total. The van der Waals surface area contributed by atoms with E-state index in [0.29, 0.717) is 0 Å². The van der Waals surface area contributed by atoms with Crippen LogP contribution in [-0.4, -0.2) is 4.98 Å². The zero-order chi connectivity index (χ0) is 13.8. The summed E-state index contributed by atoms with van der Waals surface area (Å²) < 4.78 is 0. The van der Waals surface area contributed by atoms with Crippen LogP contribution < -0.4 is 11.3 Å². The van der Waals surface area contributed by atoms with Gasteiger partial charge in [-0.25, -0.2) is 0 Å². The van der Waals surface area contributed by atoms with Gasteiger partial charge in [0.15, 0.2) is 0 Å². The zero-order valence-electron chi connectivity index (χ0n) is 11.2. The number of hydrogen-bond donors (Lipinski definition) is 2. The minimum atomic E-state index is 0.0644. The van der Waals surface area contributed by atoms with E-state index < -0.39 is 0 Å². The summed E-state index contributed by atoms with van der Waals surface area (Å²) in [6, 6.07) is 20.6. The first kappa shape index (κ1) is 12.8. The number of hydrazine groups is 1. The number of fused-ring (bicyclic) bond motifs is 1. The lowest BCUT2D eigenvalue weighted by Gasteiger charge is -2.16. The number of benzene rings is 2. The van der Waals surface area contributed by atoms with Gasteiger partial charge in [0.25, 0.3) is 0 Å². The van der Waals surface area contributed by atoms with E-state index in [1.807, 2.05) is 42.6 Å². The van der Waals surface area contributed by atoms with Crippen molar-refractivity contribution in [2.24, 2.45) is 5.84 Å². The minimum absolute atomic E-state index is 0.0644. The molecule has 0 amide bonds. The lowest BCUT2D eigenvalue weighted by Crippen LogP contribution is -2.29. The van der Waals surface area contributed by atoms with Crippen LogP contribution in [0.4, 0.5) is 0 Å². The first-order valence-corrected chi connectivity index (χ1v) is 6.71. The highest BCUT2D eigenvalue weighted by molar-refractivity contribution is 5.78. The molecule has 3 rings (SSSR count). The second-order valence-corrected chi connectivity index (χ2v) is 4.87. The highest BCUT2D eigenvalue weighted by atomic mass is 15.2. The van der Waals surface area contributed by atoms with Gasteiger partial charge in [-0.2, -0.15) is 0 Å². The largest absolute Gasteiger partial charge is 0.271 e. The second kappa shape index (κ2) is 5.82. The van der Waals surface area contributed by atoms with E-state index in [0.717, 1.165) is 22.9 Å². The molecule has 0 aliphatic rings. The van der Waals surface area contributed by atoms with E-state index in [1.165, 1.54) is 5.56 Å². The van der Waals surface area contributed by atoms with E-state index in [-0.39, 0.29) is 6.04 Å². The van der Waals surface area contributed by atoms with Crippen molar-refractivity contribution in [3.05, 3.63) is 78.0 Å². The molecular formula is C17H17N3. The van der Waals surface area contributed by atoms with Crippen molar-refractivity contribution in [3.8, 4) is 0 Å². The van der Waals surface area contributed by atoms with Crippen molar-refractivity contribution in [3.63, 3.8) is 0 Å². The summed E-state index contributed by atoms with van der Waals surface area (Å²) in [6.45, 7) is 0. The molecule has 3 heteroatoms. The zero-order valence-corrected chi connectivity index (χ0v) is 11.2. The molecule has 0 fully saturated rings. The Bertz CT molecular complexity index is 695. The van der Waals surface area contributed by atoms with Gasteiger partial charge in [0.2, 0.25) is 0 Å². The molecule has 0 saturated heterocycles. The first-order valence-electron chi connectivity index (χ1n) is 6.71. The third-order valence-electron chi connectivity index (χ3n) is 3.50. The molecule has 0 aliphatic carbocycles. The molecule has 3 nitrogen and oxygen atoms in total. The van der Waals surface area contributed by atoms with E-state index in [9.17, 15) is 0 Å². The van der Waals surface area contributed by atoms with Gasteiger partial charge in [-0.05, 0) is 29.7 Å². The molecule has 0 bridgehead atoms. The number of nitrogens with one attached hydrogen (secondary N) is 1. The van der Waals surface area contributed by atoms with Crippen LogP contribution >= 0.6 is 0 Å². The Morgan fingerprint density at radius 3 is 2.55 bits per heavy atom. The number of nitrogens with zero attached hydrogens (tertiary/aromatic N) is 1. The SMILES string of the molecule is NNC(Cc1ccccc1)c1cnc2ccccc2c1. The first-order chi connectivity index (χ1) is 9.86. The predicted molar refractivity (Wildman–Crippen MR) is 82.0 cm³/mol. The quantitative estimate of drug-likeness (QED) is 0.562. The molecule has 0 aliphatic heterocycles. The van der Waals surface area contributed by atoms with E-state index in [2.05, 4.69) is 34.7 Å². The molecule has 1 aromatic heterocycles. The van der Waals surface area contributed by atoms with Gasteiger partial charge >= 0.3 is 0 Å². The molecule has 1 heterocycles. The van der Waals surface area contributed by atoms with Crippen molar-refractivity contribution in [2.75, 3.05) is 0 Å². The number of nitrogens with two attached hydrogens (primary N) is 1. The number of para-hydroxylation sites is 1. The van der Waals surface area contributed by atoms with E-state index >= 15 is 0 Å². The van der Waals surface area contributed by atoms with Gasteiger partial charge in [-0.3, -0.25) is 16.3 Å². The molecule has 3 aromatic rings. The molecule has 20 heavy (non-hydrogen) atoms. The third-order valence-corrected chi connectivity index (χ3v) is 3.50. The Labute approximate surface area is 118 Å². The summed E-state index contributed by atoms with van der Waals surface area (Å²) in [5.41, 5.74) is 6.26. The maximum Gasteiger partial charge on any atom is 0.0702 e. The van der Waals surface area contributed by atoms with Crippen LogP contribution in [0.1, 0.15) is 17.2 Å². The number of aromatic nitrogens is 1. The van der Waals surface area contributed by atoms with E-state index in [1.54, 1.807) is 0 Å². The number of pyridine rings is 1. The Hall–Kier alpha value is -2.23. The summed E-state index contributed by atoms with van der Waals surface area (Å²) in [6.07, 6.45) is 2.74. The summed E-state index contributed by atoms with van der Waals surface area (Å²) in [4.78, 5) is 4.50. The maximum atomic E-state index is 5.72. The Morgan fingerprint density at radius 1 is 1.00 bits per heavy atom. The van der Waals surface area contributed by atoms with Gasteiger partial charge in [-0.1, -0.05) is 48.5 Å². The van der Waals surface area contributed by atoms with Crippen molar-refractivity contribution < 1.29 is 0 Å². The Balaban J connectivity index is 1.91. The van der Waals surface area contributed by atoms with Gasteiger partial charge in [0.1, 0.15) is 0 Å². The van der Waals surface area contributed by atoms with Gasteiger partial charge in [-0.15, -0.1) is 0 Å². The van der Waals surface area contributed by atoms with Crippen LogP contribution in [0.25, 0.3) is 10.9 Å². The second-order valence-electron chi connectivity index (χ2n) is 4.87. The highest BCUT2D eigenvalue weighted by Gasteiger charge is 2.11. The molecule has 0 spiro atoms. The molecule has 1 unspecified atom stereocenters. The minimum Gasteiger partial charge on any atom is -0.271 e. The van der Waals surface area contributed by atoms with Crippen LogP contribution in [0.3, 0.4) is 0 Å². The monoisotopic (exact) mass is 263 g/mol. The fourth-order valence-corrected chi connectivity index (χ4v) is 2.40. The standard InChI is InChI=1S/C17H17N3/c18-20-17(10-13-6-2-1-3-7-13)15-11-14-8-4-5-9-16(14)19-12-15/h1-9,11-12,17,20H,10,18H2. The van der Waals surface area contributed by atoms with Gasteiger partial charge in [0.05, 0.1) is 11.6 Å². The lowest BCUT2D eigenvalue weighted by molar-refractivity contribution is 0.551. The van der Waals surface area contributed by atoms with Crippen molar-refractivity contribution in [1.82, 2.24) is 10.4 Å². The maximum absolute atomic E-state index is 5.72. The highest BCUT2D eigenvalue weighted by Crippen LogP contribution is 2.21. The van der Waals surface area contributed by atoms with E-state index in [4.69, 9.17) is 5.84 Å². The van der Waals surface area contributed by atoms with Crippen molar-refractivity contribution in [2.45, 2.75) is 12.5 Å². The third kappa shape index (κ3) is 2.69. The topological polar surface area (TPSA) is 50.9 Å². The summed E-state index contributed by atoms with van der Waals surface area (Å²) in [5, 5.41) is 1.14. The van der Waals surface area contributed by atoms with Gasteiger partial charge in [0, 0.05) is 11.6 Å². The van der Waals surface area contributed by atoms with Crippen LogP contribution in [0.15, 0.2) is 66.9 Å². The van der Waals surface area contributed by atoms with Gasteiger partial charge < -0.3 is 0 Å². The molecule has 1 atom stereocenters. The molecule has 100 valence electrons. The Morgan fingerprint density at radius 2 is 1.75 bits per heavy atom. The average Bonchev–Trinajstić information content (AvgIpc) is 2.53. The molecular weight excluding hydrogens is 246 g/mol. The molecule has 0 saturated carbocycles. The van der Waals surface area contributed by atoms with Crippen LogP contribution in [0.5, 0.6) is 0 Å². The van der Waals surface area contributed by atoms with Crippen LogP contribution in [0, 0.1) is 0 Å². The average molecular weight is 263 g/mol. The van der Waals surface area contributed by atoms with Crippen molar-refractivity contribution >= 4 is 10.9 Å².